The van der Waals surface area contributed by atoms with E-state index in [9.17, 15) is 14.7 Å². The van der Waals surface area contributed by atoms with Crippen molar-refractivity contribution in [2.24, 2.45) is 0 Å². The van der Waals surface area contributed by atoms with Gasteiger partial charge in [0.05, 0.1) is 13.1 Å². The highest BCUT2D eigenvalue weighted by atomic mass is 32.1. The Labute approximate surface area is 145 Å². The van der Waals surface area contributed by atoms with Crippen molar-refractivity contribution in [2.75, 3.05) is 13.1 Å². The van der Waals surface area contributed by atoms with Crippen LogP contribution in [0.25, 0.3) is 0 Å². The Bertz CT molecular complexity index is 671. The number of thiophene rings is 1. The molecule has 1 aromatic heterocycles. The maximum atomic E-state index is 12.4. The maximum Gasteiger partial charge on any atom is 0.243 e. The highest BCUT2D eigenvalue weighted by Gasteiger charge is 2.20. The van der Waals surface area contributed by atoms with Gasteiger partial charge >= 0.3 is 0 Å². The number of nitrogens with one attached hydrogen (secondary N) is 1. The van der Waals surface area contributed by atoms with Gasteiger partial charge in [-0.05, 0) is 23.1 Å². The Morgan fingerprint density at radius 2 is 2.00 bits per heavy atom. The second kappa shape index (κ2) is 9.00. The minimum atomic E-state index is -0.757. The topological polar surface area (TPSA) is 69.6 Å². The third-order valence-corrected chi connectivity index (χ3v) is 4.41. The van der Waals surface area contributed by atoms with E-state index in [4.69, 9.17) is 0 Å². The van der Waals surface area contributed by atoms with Crippen molar-refractivity contribution >= 4 is 23.2 Å². The van der Waals surface area contributed by atoms with Crippen molar-refractivity contribution in [1.82, 2.24) is 10.2 Å². The van der Waals surface area contributed by atoms with Crippen LogP contribution in [0.1, 0.15) is 16.5 Å². The van der Waals surface area contributed by atoms with Gasteiger partial charge in [-0.1, -0.05) is 43.0 Å². The van der Waals surface area contributed by atoms with Crippen molar-refractivity contribution in [3.63, 3.8) is 0 Å². The molecule has 1 heterocycles. The minimum absolute atomic E-state index is 0.130. The molecule has 126 valence electrons. The van der Waals surface area contributed by atoms with Crippen molar-refractivity contribution in [1.29, 1.82) is 0 Å². The maximum absolute atomic E-state index is 12.4. The summed E-state index contributed by atoms with van der Waals surface area (Å²) in [6.07, 6.45) is 0.364. The molecule has 0 radical (unpaired) electrons. The second-order valence-corrected chi connectivity index (χ2v) is 6.19. The summed E-state index contributed by atoms with van der Waals surface area (Å²) in [5.41, 5.74) is 0.958. The minimum Gasteiger partial charge on any atom is -0.386 e. The van der Waals surface area contributed by atoms with E-state index in [1.54, 1.807) is 4.90 Å². The van der Waals surface area contributed by atoms with Gasteiger partial charge in [0.15, 0.2) is 0 Å². The fourth-order valence-electron chi connectivity index (χ4n) is 2.18. The lowest BCUT2D eigenvalue weighted by Gasteiger charge is -2.25. The first kappa shape index (κ1) is 17.9. The Morgan fingerprint density at radius 3 is 2.62 bits per heavy atom. The van der Waals surface area contributed by atoms with Crippen LogP contribution in [0.3, 0.4) is 0 Å². The molecule has 0 saturated carbocycles. The molecular weight excluding hydrogens is 324 g/mol. The molecule has 6 heteroatoms. The Balaban J connectivity index is 2.06. The van der Waals surface area contributed by atoms with Gasteiger partial charge in [0, 0.05) is 11.4 Å². The van der Waals surface area contributed by atoms with Crippen LogP contribution in [0.15, 0.2) is 60.5 Å². The van der Waals surface area contributed by atoms with Crippen molar-refractivity contribution < 1.29 is 14.7 Å². The van der Waals surface area contributed by atoms with E-state index in [-0.39, 0.29) is 19.0 Å². The van der Waals surface area contributed by atoms with Gasteiger partial charge in [-0.25, -0.2) is 0 Å². The molecule has 0 aliphatic rings. The molecule has 2 rings (SSSR count). The summed E-state index contributed by atoms with van der Waals surface area (Å²) in [4.78, 5) is 26.0. The van der Waals surface area contributed by atoms with Gasteiger partial charge in [-0.15, -0.1) is 11.3 Å². The number of aliphatic hydroxyl groups is 1. The highest BCUT2D eigenvalue weighted by Crippen LogP contribution is 2.20. The number of nitrogens with zero attached hydrogens (tertiary/aromatic N) is 1. The molecule has 2 N–H and O–H groups in total. The number of carbonyl (C=O) groups excluding carboxylic acids is 2. The van der Waals surface area contributed by atoms with Gasteiger partial charge in [-0.2, -0.15) is 0 Å². The molecule has 0 bridgehead atoms. The zero-order chi connectivity index (χ0) is 17.4. The lowest BCUT2D eigenvalue weighted by molar-refractivity contribution is -0.134. The third kappa shape index (κ3) is 5.33. The molecule has 0 saturated heterocycles. The molecule has 0 aliphatic heterocycles. The van der Waals surface area contributed by atoms with Crippen LogP contribution in [-0.2, 0) is 16.1 Å². The fraction of sp³-hybridized carbons (Fsp3) is 0.222. The average molecular weight is 344 g/mol. The summed E-state index contributed by atoms with van der Waals surface area (Å²) < 4.78 is 0. The molecule has 2 amide bonds. The zero-order valence-corrected chi connectivity index (χ0v) is 14.0. The van der Waals surface area contributed by atoms with Crippen LogP contribution in [0, 0.1) is 0 Å². The summed E-state index contributed by atoms with van der Waals surface area (Å²) >= 11 is 1.44. The first-order chi connectivity index (χ1) is 11.6. The van der Waals surface area contributed by atoms with E-state index in [1.807, 2.05) is 47.8 Å². The summed E-state index contributed by atoms with van der Waals surface area (Å²) in [6, 6.07) is 13.2. The molecule has 0 aliphatic carbocycles. The predicted octanol–water partition coefficient (Wildman–Crippen LogP) is 2.11. The Morgan fingerprint density at radius 1 is 1.25 bits per heavy atom. The molecule has 2 aromatic rings. The van der Waals surface area contributed by atoms with Gasteiger partial charge in [-0.3, -0.25) is 9.59 Å². The lowest BCUT2D eigenvalue weighted by Crippen LogP contribution is -2.41. The van der Waals surface area contributed by atoms with Gasteiger partial charge in [0.1, 0.15) is 6.10 Å². The van der Waals surface area contributed by atoms with Crippen molar-refractivity contribution in [3.05, 3.63) is 70.9 Å². The second-order valence-electron chi connectivity index (χ2n) is 5.21. The van der Waals surface area contributed by atoms with E-state index in [0.29, 0.717) is 6.54 Å². The van der Waals surface area contributed by atoms with Crippen molar-refractivity contribution in [3.8, 4) is 0 Å². The molecule has 1 atom stereocenters. The summed E-state index contributed by atoms with van der Waals surface area (Å²) in [6.45, 7) is 3.76. The summed E-state index contributed by atoms with van der Waals surface area (Å²) in [5.74, 6) is -0.661. The third-order valence-electron chi connectivity index (χ3n) is 3.43. The molecule has 24 heavy (non-hydrogen) atoms. The zero-order valence-electron chi connectivity index (χ0n) is 13.2. The highest BCUT2D eigenvalue weighted by molar-refractivity contribution is 7.10. The number of hydrogen-bond donors (Lipinski definition) is 2. The van der Waals surface area contributed by atoms with Gasteiger partial charge < -0.3 is 15.3 Å². The largest absolute Gasteiger partial charge is 0.386 e. The van der Waals surface area contributed by atoms with E-state index in [0.717, 1.165) is 16.5 Å². The van der Waals surface area contributed by atoms with Crippen molar-refractivity contribution in [2.45, 2.75) is 12.6 Å². The first-order valence-electron chi connectivity index (χ1n) is 7.53. The SMILES string of the molecule is C=CC(=O)NCC(=O)N(Cc1ccccc1)C[C@H](O)c1cccs1. The fourth-order valence-corrected chi connectivity index (χ4v) is 2.89. The van der Waals surface area contributed by atoms with Crippen LogP contribution >= 0.6 is 11.3 Å². The van der Waals surface area contributed by atoms with Crippen LogP contribution in [-0.4, -0.2) is 34.9 Å². The summed E-state index contributed by atoms with van der Waals surface area (Å²) in [7, 11) is 0. The lowest BCUT2D eigenvalue weighted by atomic mass is 10.2. The number of amides is 2. The molecular formula is C18H20N2O3S. The number of aliphatic hydroxyl groups excluding tert-OH is 1. The smallest absolute Gasteiger partial charge is 0.243 e. The van der Waals surface area contributed by atoms with Gasteiger partial charge in [0.2, 0.25) is 11.8 Å². The molecule has 0 unspecified atom stereocenters. The van der Waals surface area contributed by atoms with Crippen LogP contribution in [0.5, 0.6) is 0 Å². The Kier molecular flexibility index (Phi) is 6.72. The summed E-state index contributed by atoms with van der Waals surface area (Å²) in [5, 5.41) is 14.7. The number of rotatable bonds is 8. The van der Waals surface area contributed by atoms with Gasteiger partial charge in [0.25, 0.3) is 0 Å². The van der Waals surface area contributed by atoms with E-state index < -0.39 is 12.0 Å². The Hall–Kier alpha value is -2.44. The van der Waals surface area contributed by atoms with Crippen LogP contribution in [0.2, 0.25) is 0 Å². The van der Waals surface area contributed by atoms with E-state index in [1.165, 1.54) is 11.3 Å². The van der Waals surface area contributed by atoms with E-state index in [2.05, 4.69) is 11.9 Å². The molecule has 1 aromatic carbocycles. The first-order valence-corrected chi connectivity index (χ1v) is 8.41. The molecule has 0 spiro atoms. The van der Waals surface area contributed by atoms with Crippen LogP contribution < -0.4 is 5.32 Å². The monoisotopic (exact) mass is 344 g/mol. The number of benzene rings is 1. The normalized spacial score (nSPS) is 11.5. The average Bonchev–Trinajstić information content (AvgIpc) is 3.14. The van der Waals surface area contributed by atoms with E-state index >= 15 is 0 Å². The molecule has 0 fully saturated rings. The number of hydrogen-bond acceptors (Lipinski definition) is 4. The quantitative estimate of drug-likeness (QED) is 0.721. The number of carbonyl (C=O) groups is 2. The predicted molar refractivity (Wildman–Crippen MR) is 94.3 cm³/mol. The molecule has 5 nitrogen and oxygen atoms in total. The van der Waals surface area contributed by atoms with Crippen LogP contribution in [0.4, 0.5) is 0 Å². The standard InChI is InChI=1S/C18H20N2O3S/c1-2-17(22)19-11-18(23)20(12-14-7-4-3-5-8-14)13-15(21)16-9-6-10-24-16/h2-10,15,21H,1,11-13H2,(H,19,22)/t15-/m0/s1.